The molecule has 4 aliphatic rings. The number of ether oxygens (including phenoxy) is 1. The monoisotopic (exact) mass is 561 g/mol. The number of terminal acetylenes is 3. The van der Waals surface area contributed by atoms with E-state index in [1.165, 1.54) is 63.4 Å². The van der Waals surface area contributed by atoms with Crippen LogP contribution in [0.3, 0.4) is 0 Å². The molecule has 3 N–H and O–H groups in total. The van der Waals surface area contributed by atoms with Crippen LogP contribution in [-0.2, 0) is 16.1 Å². The van der Waals surface area contributed by atoms with Crippen molar-refractivity contribution in [2.75, 3.05) is 33.3 Å². The molecule has 3 heterocycles. The molecule has 1 saturated carbocycles. The zero-order chi connectivity index (χ0) is 30.7. The van der Waals surface area contributed by atoms with E-state index in [0.717, 1.165) is 50.4 Å². The molecule has 0 radical (unpaired) electrons. The number of quaternary nitrogens is 1. The van der Waals surface area contributed by atoms with Crippen LogP contribution in [0.4, 0.5) is 0 Å². The van der Waals surface area contributed by atoms with Crippen LogP contribution in [0.25, 0.3) is 0 Å². The molecular weight excluding hydrogens is 506 g/mol. The van der Waals surface area contributed by atoms with Crippen LogP contribution >= 0.6 is 0 Å². The van der Waals surface area contributed by atoms with E-state index < -0.39 is 0 Å². The number of allylic oxidation sites excluding steroid dienone is 4. The second kappa shape index (κ2) is 25.7. The fourth-order valence-corrected chi connectivity index (χ4v) is 5.63. The number of aromatic nitrogens is 1. The fraction of sp³-hybridized carbons (Fsp3) is 0.556. The van der Waals surface area contributed by atoms with E-state index in [4.69, 9.17) is 4.74 Å². The molecule has 0 spiro atoms. The first-order chi connectivity index (χ1) is 20.2. The number of H-pyrrole nitrogens is 1. The van der Waals surface area contributed by atoms with Crippen molar-refractivity contribution in [3.63, 3.8) is 0 Å². The number of nitrogens with zero attached hydrogens (tertiary/aromatic N) is 1. The number of methoxy groups -OCH3 is 1. The van der Waals surface area contributed by atoms with Crippen molar-refractivity contribution in [3.8, 4) is 38.5 Å². The summed E-state index contributed by atoms with van der Waals surface area (Å²) in [5, 5.41) is 2.29. The number of aryl methyl sites for hydroxylation is 1. The highest BCUT2D eigenvalue weighted by Crippen LogP contribution is 2.29. The number of nitrogens with one attached hydrogen (secondary N) is 1. The standard InChI is InChI=1S/C18H27N3O2.C6H12.C6H8.3C2H2/c1-13-6-7-14(17(20-13)12-23-2)15-10-19-11-16(15)18(22)21-8-4-3-5-9-21;2*1-2-4-6-5-3-1;3*1-2/h6-7,15-16,19H,3-5,8-12H2,1-2H3;1-6H2;1-4H,5-6H2;3*1-2H/p+2/t15-,16?;;;;;/m0...../s1. The van der Waals surface area contributed by atoms with Gasteiger partial charge in [-0.25, -0.2) is 4.98 Å². The number of nitrogens with two attached hydrogens (primary N) is 1. The third-order valence-corrected chi connectivity index (χ3v) is 7.59. The summed E-state index contributed by atoms with van der Waals surface area (Å²) in [6.07, 6.45) is 47.6. The number of carbonyl (C=O) groups is 1. The van der Waals surface area contributed by atoms with E-state index >= 15 is 0 Å². The van der Waals surface area contributed by atoms with E-state index in [9.17, 15) is 4.79 Å². The van der Waals surface area contributed by atoms with Crippen LogP contribution in [0.15, 0.2) is 36.4 Å². The van der Waals surface area contributed by atoms with Crippen LogP contribution in [-0.4, -0.2) is 44.1 Å². The molecule has 2 atom stereocenters. The summed E-state index contributed by atoms with van der Waals surface area (Å²) in [6, 6.07) is 4.29. The van der Waals surface area contributed by atoms with Gasteiger partial charge in [0, 0.05) is 38.8 Å². The molecule has 3 fully saturated rings. The molecule has 5 nitrogen and oxygen atoms in total. The minimum absolute atomic E-state index is 0.0970. The van der Waals surface area contributed by atoms with Gasteiger partial charge in [-0.1, -0.05) is 62.8 Å². The van der Waals surface area contributed by atoms with E-state index in [-0.39, 0.29) is 11.8 Å². The first kappa shape index (κ1) is 37.7. The number of amides is 1. The number of rotatable bonds is 4. The Morgan fingerprint density at radius 2 is 1.37 bits per heavy atom. The number of piperidine rings is 1. The Morgan fingerprint density at radius 1 is 0.854 bits per heavy atom. The highest BCUT2D eigenvalue weighted by molar-refractivity contribution is 5.80. The van der Waals surface area contributed by atoms with E-state index in [1.54, 1.807) is 7.11 Å². The van der Waals surface area contributed by atoms with Gasteiger partial charge in [-0.15, -0.1) is 38.5 Å². The molecule has 0 bridgehead atoms. The highest BCUT2D eigenvalue weighted by Gasteiger charge is 2.41. The van der Waals surface area contributed by atoms with Crippen molar-refractivity contribution in [2.45, 2.75) is 90.1 Å². The van der Waals surface area contributed by atoms with Crippen molar-refractivity contribution < 1.29 is 19.8 Å². The van der Waals surface area contributed by atoms with Crippen LogP contribution in [0.1, 0.15) is 93.5 Å². The highest BCUT2D eigenvalue weighted by atomic mass is 16.5. The van der Waals surface area contributed by atoms with Crippen molar-refractivity contribution in [1.29, 1.82) is 0 Å². The Bertz CT molecular complexity index is 896. The second-order valence-electron chi connectivity index (χ2n) is 10.4. The summed E-state index contributed by atoms with van der Waals surface area (Å²) in [7, 11) is 1.72. The molecule has 1 unspecified atom stereocenters. The van der Waals surface area contributed by atoms with E-state index in [0.29, 0.717) is 12.5 Å². The molecule has 5 rings (SSSR count). The number of hydrogen-bond acceptors (Lipinski definition) is 2. The Hall–Kier alpha value is -3.30. The van der Waals surface area contributed by atoms with Gasteiger partial charge in [0.2, 0.25) is 11.6 Å². The zero-order valence-electron chi connectivity index (χ0n) is 25.7. The SMILES string of the molecule is C#C.C#C.C#C.C1=CCCC=C1.C1CCCCC1.COCc1[nH+]c(C)ccc1[C@@H]1C[NH2+]CC1C(=O)N1CCCCC1. The molecule has 224 valence electrons. The smallest absolute Gasteiger partial charge is 0.232 e. The quantitative estimate of drug-likeness (QED) is 0.512. The average molecular weight is 562 g/mol. The lowest BCUT2D eigenvalue weighted by molar-refractivity contribution is -0.638. The largest absolute Gasteiger partial charge is 0.374 e. The molecule has 2 saturated heterocycles. The molecule has 5 heteroatoms. The van der Waals surface area contributed by atoms with Crippen molar-refractivity contribution >= 4 is 5.91 Å². The number of hydrogen-bond donors (Lipinski definition) is 1. The van der Waals surface area contributed by atoms with Gasteiger partial charge in [0.25, 0.3) is 0 Å². The Kier molecular flexibility index (Phi) is 23.6. The fourth-order valence-electron chi connectivity index (χ4n) is 5.63. The van der Waals surface area contributed by atoms with Crippen molar-refractivity contribution in [3.05, 3.63) is 53.4 Å². The molecule has 1 aromatic heterocycles. The predicted octanol–water partition coefficient (Wildman–Crippen LogP) is 5.23. The maximum absolute atomic E-state index is 13.0. The molecular formula is C36H55N3O2+2. The normalized spacial score (nSPS) is 20.3. The second-order valence-corrected chi connectivity index (χ2v) is 10.4. The third kappa shape index (κ3) is 14.8. The lowest BCUT2D eigenvalue weighted by Crippen LogP contribution is -2.81. The molecule has 2 aliphatic heterocycles. The summed E-state index contributed by atoms with van der Waals surface area (Å²) < 4.78 is 5.36. The summed E-state index contributed by atoms with van der Waals surface area (Å²) in [4.78, 5) is 18.5. The minimum atomic E-state index is 0.0970. The lowest BCUT2D eigenvalue weighted by Gasteiger charge is -2.30. The first-order valence-corrected chi connectivity index (χ1v) is 15.1. The van der Waals surface area contributed by atoms with Gasteiger partial charge in [-0.05, 0) is 38.2 Å². The number of carbonyl (C=O) groups excluding carboxylic acids is 1. The summed E-state index contributed by atoms with van der Waals surface area (Å²) in [6.45, 7) is 6.39. The molecule has 0 aromatic carbocycles. The molecule has 1 aromatic rings. The zero-order valence-corrected chi connectivity index (χ0v) is 25.7. The van der Waals surface area contributed by atoms with Gasteiger partial charge < -0.3 is 15.0 Å². The first-order valence-electron chi connectivity index (χ1n) is 15.1. The maximum atomic E-state index is 13.0. The molecule has 1 amide bonds. The van der Waals surface area contributed by atoms with Gasteiger partial charge in [-0.2, -0.15) is 0 Å². The maximum Gasteiger partial charge on any atom is 0.232 e. The molecule has 2 aliphatic carbocycles. The number of aromatic amines is 1. The predicted molar refractivity (Wildman–Crippen MR) is 172 cm³/mol. The molecule has 41 heavy (non-hydrogen) atoms. The van der Waals surface area contributed by atoms with E-state index in [2.05, 4.69) is 97.1 Å². The Morgan fingerprint density at radius 3 is 1.83 bits per heavy atom. The Labute approximate surface area is 251 Å². The van der Waals surface area contributed by atoms with Crippen LogP contribution in [0, 0.1) is 51.4 Å². The Balaban J connectivity index is 0.000000723. The number of pyridine rings is 1. The van der Waals surface area contributed by atoms with Crippen LogP contribution < -0.4 is 10.3 Å². The van der Waals surface area contributed by atoms with Gasteiger partial charge in [0.05, 0.1) is 24.9 Å². The third-order valence-electron chi connectivity index (χ3n) is 7.59. The van der Waals surface area contributed by atoms with Crippen molar-refractivity contribution in [2.24, 2.45) is 5.92 Å². The summed E-state index contributed by atoms with van der Waals surface area (Å²) >= 11 is 0. The van der Waals surface area contributed by atoms with E-state index in [1.807, 2.05) is 0 Å². The van der Waals surface area contributed by atoms with Crippen LogP contribution in [0.2, 0.25) is 0 Å². The summed E-state index contributed by atoms with van der Waals surface area (Å²) in [5.41, 5.74) is 3.49. The lowest BCUT2D eigenvalue weighted by atomic mass is 9.86. The van der Waals surface area contributed by atoms with Crippen LogP contribution in [0.5, 0.6) is 0 Å². The van der Waals surface area contributed by atoms with Crippen molar-refractivity contribution in [1.82, 2.24) is 4.90 Å². The topological polar surface area (TPSA) is 60.3 Å². The average Bonchev–Trinajstić information content (AvgIpc) is 3.56. The van der Waals surface area contributed by atoms with Gasteiger partial charge in [-0.3, -0.25) is 4.79 Å². The van der Waals surface area contributed by atoms with Gasteiger partial charge >= 0.3 is 0 Å². The van der Waals surface area contributed by atoms with Gasteiger partial charge in [0.15, 0.2) is 5.69 Å². The minimum Gasteiger partial charge on any atom is -0.374 e. The van der Waals surface area contributed by atoms with Gasteiger partial charge in [0.1, 0.15) is 6.61 Å². The number of likely N-dealkylation sites (tertiary alicyclic amines) is 1. The summed E-state index contributed by atoms with van der Waals surface area (Å²) in [5.74, 6) is 0.735.